The van der Waals surface area contributed by atoms with Crippen LogP contribution in [0.5, 0.6) is 0 Å². The molecule has 0 bridgehead atoms. The molecule has 2 fully saturated rings. The Morgan fingerprint density at radius 3 is 2.68 bits per heavy atom. The number of anilines is 1. The number of benzene rings is 1. The van der Waals surface area contributed by atoms with Crippen molar-refractivity contribution in [2.24, 2.45) is 17.6 Å². The Bertz CT molecular complexity index is 573. The Balaban J connectivity index is 1.69. The van der Waals surface area contributed by atoms with Gasteiger partial charge in [-0.15, -0.1) is 0 Å². The summed E-state index contributed by atoms with van der Waals surface area (Å²) in [5.74, 6) is 1.52. The van der Waals surface area contributed by atoms with Gasteiger partial charge in [-0.25, -0.2) is 4.79 Å². The van der Waals surface area contributed by atoms with E-state index in [0.717, 1.165) is 25.4 Å². The third-order valence-electron chi connectivity index (χ3n) is 4.96. The normalized spacial score (nSPS) is 24.5. The molecule has 3 N–H and O–H groups in total. The highest BCUT2D eigenvalue weighted by Gasteiger charge is 2.33. The third-order valence-corrected chi connectivity index (χ3v) is 4.96. The molecule has 0 spiro atoms. The van der Waals surface area contributed by atoms with E-state index in [9.17, 15) is 9.59 Å². The molecular formula is C17H23N3O2. The van der Waals surface area contributed by atoms with E-state index in [1.807, 2.05) is 4.90 Å². The van der Waals surface area contributed by atoms with E-state index in [2.05, 4.69) is 5.32 Å². The van der Waals surface area contributed by atoms with Gasteiger partial charge in [0.2, 0.25) is 0 Å². The molecule has 1 saturated carbocycles. The van der Waals surface area contributed by atoms with Gasteiger partial charge in [0.25, 0.3) is 5.91 Å². The zero-order chi connectivity index (χ0) is 15.5. The minimum atomic E-state index is -0.618. The van der Waals surface area contributed by atoms with E-state index in [4.69, 9.17) is 5.73 Å². The van der Waals surface area contributed by atoms with Crippen LogP contribution in [-0.4, -0.2) is 29.9 Å². The van der Waals surface area contributed by atoms with Crippen molar-refractivity contribution in [3.63, 3.8) is 0 Å². The molecule has 2 atom stereocenters. The van der Waals surface area contributed by atoms with Crippen molar-refractivity contribution >= 4 is 17.6 Å². The first-order valence-electron chi connectivity index (χ1n) is 8.09. The lowest BCUT2D eigenvalue weighted by Crippen LogP contribution is -2.44. The van der Waals surface area contributed by atoms with Crippen LogP contribution in [0.2, 0.25) is 0 Å². The summed E-state index contributed by atoms with van der Waals surface area (Å²) in [6, 6.07) is 6.37. The molecule has 1 aromatic carbocycles. The van der Waals surface area contributed by atoms with E-state index < -0.39 is 6.03 Å². The molecule has 0 aromatic heterocycles. The van der Waals surface area contributed by atoms with Crippen molar-refractivity contribution in [1.29, 1.82) is 0 Å². The molecule has 0 radical (unpaired) electrons. The number of hydrogen-bond acceptors (Lipinski definition) is 2. The maximum atomic E-state index is 12.7. The van der Waals surface area contributed by atoms with Gasteiger partial charge in [-0.3, -0.25) is 4.79 Å². The van der Waals surface area contributed by atoms with Gasteiger partial charge in [0, 0.05) is 24.3 Å². The number of nitrogens with two attached hydrogens (primary N) is 1. The van der Waals surface area contributed by atoms with Crippen molar-refractivity contribution in [1.82, 2.24) is 4.90 Å². The zero-order valence-corrected chi connectivity index (χ0v) is 12.8. The number of carbonyl (C=O) groups excluding carboxylic acids is 2. The number of primary amides is 1. The minimum Gasteiger partial charge on any atom is -0.351 e. The first-order valence-corrected chi connectivity index (χ1v) is 8.09. The number of piperidine rings is 1. The standard InChI is InChI=1S/C17H23N3O2/c18-17(22)19-15-7-3-6-13(10-15)16(21)20-9-8-12-4-1-2-5-14(12)11-20/h3,6-7,10,12,14H,1-2,4-5,8-9,11H2,(H3,18,19,22)/t12-,14+/m1/s1. The fraction of sp³-hybridized carbons (Fsp3) is 0.529. The molecule has 22 heavy (non-hydrogen) atoms. The summed E-state index contributed by atoms with van der Waals surface area (Å²) in [5, 5.41) is 2.52. The lowest BCUT2D eigenvalue weighted by atomic mass is 9.75. The van der Waals surface area contributed by atoms with Crippen LogP contribution in [0, 0.1) is 11.8 Å². The fourth-order valence-corrected chi connectivity index (χ4v) is 3.84. The maximum Gasteiger partial charge on any atom is 0.316 e. The summed E-state index contributed by atoms with van der Waals surface area (Å²) in [6.45, 7) is 1.71. The second kappa shape index (κ2) is 6.38. The molecule has 1 aliphatic carbocycles. The summed E-state index contributed by atoms with van der Waals surface area (Å²) >= 11 is 0. The number of urea groups is 1. The summed E-state index contributed by atoms with van der Waals surface area (Å²) < 4.78 is 0. The number of fused-ring (bicyclic) bond motifs is 1. The SMILES string of the molecule is NC(=O)Nc1cccc(C(=O)N2CC[C@H]3CCCC[C@H]3C2)c1. The van der Waals surface area contributed by atoms with E-state index in [1.54, 1.807) is 24.3 Å². The van der Waals surface area contributed by atoms with Crippen LogP contribution in [0.15, 0.2) is 24.3 Å². The van der Waals surface area contributed by atoms with E-state index in [1.165, 1.54) is 25.7 Å². The molecule has 118 valence electrons. The lowest BCUT2D eigenvalue weighted by molar-refractivity contribution is 0.0521. The highest BCUT2D eigenvalue weighted by molar-refractivity contribution is 5.96. The Hall–Kier alpha value is -2.04. The number of likely N-dealkylation sites (tertiary alicyclic amines) is 1. The number of nitrogens with zero attached hydrogens (tertiary/aromatic N) is 1. The fourth-order valence-electron chi connectivity index (χ4n) is 3.84. The highest BCUT2D eigenvalue weighted by atomic mass is 16.2. The van der Waals surface area contributed by atoms with Gasteiger partial charge in [0.05, 0.1) is 0 Å². The molecule has 1 aromatic rings. The van der Waals surface area contributed by atoms with Gasteiger partial charge in [-0.05, 0) is 42.9 Å². The predicted molar refractivity (Wildman–Crippen MR) is 85.6 cm³/mol. The molecule has 1 aliphatic heterocycles. The molecule has 3 amide bonds. The second-order valence-corrected chi connectivity index (χ2v) is 6.41. The van der Waals surface area contributed by atoms with Crippen molar-refractivity contribution in [2.45, 2.75) is 32.1 Å². The Morgan fingerprint density at radius 1 is 1.14 bits per heavy atom. The van der Waals surface area contributed by atoms with Gasteiger partial charge in [0.15, 0.2) is 0 Å². The molecule has 2 aliphatic rings. The average Bonchev–Trinajstić information content (AvgIpc) is 2.53. The molecule has 1 heterocycles. The van der Waals surface area contributed by atoms with Gasteiger partial charge in [0.1, 0.15) is 0 Å². The largest absolute Gasteiger partial charge is 0.351 e. The van der Waals surface area contributed by atoms with Crippen LogP contribution in [-0.2, 0) is 0 Å². The second-order valence-electron chi connectivity index (χ2n) is 6.41. The van der Waals surface area contributed by atoms with Crippen molar-refractivity contribution in [2.75, 3.05) is 18.4 Å². The molecule has 0 unspecified atom stereocenters. The van der Waals surface area contributed by atoms with Crippen LogP contribution in [0.1, 0.15) is 42.5 Å². The van der Waals surface area contributed by atoms with Gasteiger partial charge in [-0.1, -0.05) is 25.3 Å². The van der Waals surface area contributed by atoms with Crippen LogP contribution >= 0.6 is 0 Å². The predicted octanol–water partition coefficient (Wildman–Crippen LogP) is 2.83. The zero-order valence-electron chi connectivity index (χ0n) is 12.8. The Morgan fingerprint density at radius 2 is 1.91 bits per heavy atom. The summed E-state index contributed by atoms with van der Waals surface area (Å²) in [7, 11) is 0. The van der Waals surface area contributed by atoms with E-state index in [-0.39, 0.29) is 5.91 Å². The quantitative estimate of drug-likeness (QED) is 0.881. The van der Waals surface area contributed by atoms with E-state index >= 15 is 0 Å². The first-order chi connectivity index (χ1) is 10.6. The maximum absolute atomic E-state index is 12.7. The first kappa shape index (κ1) is 14.9. The Kier molecular flexibility index (Phi) is 4.32. The van der Waals surface area contributed by atoms with Crippen molar-refractivity contribution in [3.8, 4) is 0 Å². The summed E-state index contributed by atoms with van der Waals surface area (Å²) in [4.78, 5) is 25.6. The van der Waals surface area contributed by atoms with Crippen LogP contribution in [0.25, 0.3) is 0 Å². The molecule has 1 saturated heterocycles. The van der Waals surface area contributed by atoms with Crippen LogP contribution < -0.4 is 11.1 Å². The van der Waals surface area contributed by atoms with Crippen molar-refractivity contribution < 1.29 is 9.59 Å². The van der Waals surface area contributed by atoms with Gasteiger partial charge in [-0.2, -0.15) is 0 Å². The Labute approximate surface area is 130 Å². The highest BCUT2D eigenvalue weighted by Crippen LogP contribution is 2.36. The molecule has 5 heteroatoms. The third kappa shape index (κ3) is 3.24. The topological polar surface area (TPSA) is 75.4 Å². The minimum absolute atomic E-state index is 0.0529. The summed E-state index contributed by atoms with van der Waals surface area (Å²) in [5.41, 5.74) is 6.29. The monoisotopic (exact) mass is 301 g/mol. The average molecular weight is 301 g/mol. The van der Waals surface area contributed by atoms with Gasteiger partial charge >= 0.3 is 6.03 Å². The van der Waals surface area contributed by atoms with Crippen LogP contribution in [0.4, 0.5) is 10.5 Å². The number of carbonyl (C=O) groups is 2. The number of amides is 3. The molecule has 5 nitrogen and oxygen atoms in total. The number of hydrogen-bond donors (Lipinski definition) is 2. The number of rotatable bonds is 2. The lowest BCUT2D eigenvalue weighted by Gasteiger charge is -2.41. The summed E-state index contributed by atoms with van der Waals surface area (Å²) in [6.07, 6.45) is 6.33. The van der Waals surface area contributed by atoms with Crippen molar-refractivity contribution in [3.05, 3.63) is 29.8 Å². The molecule has 3 rings (SSSR count). The smallest absolute Gasteiger partial charge is 0.316 e. The van der Waals surface area contributed by atoms with E-state index in [0.29, 0.717) is 17.2 Å². The van der Waals surface area contributed by atoms with Crippen LogP contribution in [0.3, 0.4) is 0 Å². The van der Waals surface area contributed by atoms with Gasteiger partial charge < -0.3 is 16.0 Å². The number of nitrogens with one attached hydrogen (secondary N) is 1. The molecular weight excluding hydrogens is 278 g/mol.